The Morgan fingerprint density at radius 2 is 1.93 bits per heavy atom. The molecule has 0 rings (SSSR count). The molecule has 0 aliphatic heterocycles. The Morgan fingerprint density at radius 1 is 1.29 bits per heavy atom. The number of hydrogen-bond acceptors (Lipinski definition) is 1. The fourth-order valence-electron chi connectivity index (χ4n) is 1.12. The zero-order chi connectivity index (χ0) is 11.0. The fraction of sp³-hybridized carbons (Fsp3) is 0.538. The van der Waals surface area contributed by atoms with Crippen LogP contribution in [0.2, 0.25) is 0 Å². The third kappa shape index (κ3) is 5.76. The summed E-state index contributed by atoms with van der Waals surface area (Å²) < 4.78 is 0. The van der Waals surface area contributed by atoms with Crippen LogP contribution in [0.5, 0.6) is 0 Å². The largest absolute Gasteiger partial charge is 0.320 e. The fourth-order valence-corrected chi connectivity index (χ4v) is 1.12. The smallest absolute Gasteiger partial charge is 0.00488 e. The van der Waals surface area contributed by atoms with E-state index in [4.69, 9.17) is 0 Å². The molecule has 1 nitrogen and oxygen atoms in total. The van der Waals surface area contributed by atoms with Crippen molar-refractivity contribution >= 4 is 0 Å². The molecule has 14 heavy (non-hydrogen) atoms. The molecule has 0 aromatic carbocycles. The van der Waals surface area contributed by atoms with Gasteiger partial charge >= 0.3 is 0 Å². The van der Waals surface area contributed by atoms with Crippen LogP contribution in [0.25, 0.3) is 0 Å². The van der Waals surface area contributed by atoms with E-state index in [9.17, 15) is 0 Å². The minimum Gasteiger partial charge on any atom is -0.320 e. The lowest BCUT2D eigenvalue weighted by Gasteiger charge is -2.03. The van der Waals surface area contributed by atoms with Crippen LogP contribution in [-0.2, 0) is 0 Å². The van der Waals surface area contributed by atoms with E-state index in [0.29, 0.717) is 0 Å². The van der Waals surface area contributed by atoms with E-state index in [1.54, 1.807) is 0 Å². The van der Waals surface area contributed by atoms with Crippen LogP contribution >= 0.6 is 0 Å². The minimum absolute atomic E-state index is 1.07. The second-order valence-electron chi connectivity index (χ2n) is 3.81. The molecule has 0 saturated carbocycles. The van der Waals surface area contributed by atoms with Crippen molar-refractivity contribution in [2.75, 3.05) is 13.6 Å². The molecule has 0 aromatic heterocycles. The second-order valence-corrected chi connectivity index (χ2v) is 3.81. The number of rotatable bonds is 6. The summed E-state index contributed by atoms with van der Waals surface area (Å²) in [6.07, 6.45) is 6.47. The molecule has 0 aliphatic carbocycles. The van der Waals surface area contributed by atoms with Crippen molar-refractivity contribution in [1.29, 1.82) is 0 Å². The zero-order valence-electron chi connectivity index (χ0n) is 9.98. The number of allylic oxidation sites excluding steroid dienone is 5. The van der Waals surface area contributed by atoms with Gasteiger partial charge in [0.1, 0.15) is 0 Å². The number of hydrogen-bond donors (Lipinski definition) is 1. The predicted octanol–water partition coefficient (Wildman–Crippen LogP) is 3.45. The lowest BCUT2D eigenvalue weighted by atomic mass is 10.0. The third-order valence-corrected chi connectivity index (χ3v) is 2.34. The molecule has 0 unspecified atom stereocenters. The van der Waals surface area contributed by atoms with Crippen molar-refractivity contribution in [3.8, 4) is 0 Å². The molecule has 0 fully saturated rings. The molecule has 0 aromatic rings. The Balaban J connectivity index is 4.26. The van der Waals surface area contributed by atoms with Crippen LogP contribution in [-0.4, -0.2) is 13.6 Å². The Labute approximate surface area is 88.6 Å². The summed E-state index contributed by atoms with van der Waals surface area (Å²) in [6.45, 7) is 11.3. The maximum absolute atomic E-state index is 3.84. The first kappa shape index (κ1) is 13.2. The highest BCUT2D eigenvalue weighted by Gasteiger charge is 1.94. The Bertz CT molecular complexity index is 230. The molecule has 0 atom stereocenters. The summed E-state index contributed by atoms with van der Waals surface area (Å²) >= 11 is 0. The highest BCUT2D eigenvalue weighted by Crippen LogP contribution is 2.12. The molecule has 0 bridgehead atoms. The molecule has 1 N–H and O–H groups in total. The topological polar surface area (TPSA) is 12.0 Å². The molecule has 0 aliphatic rings. The quantitative estimate of drug-likeness (QED) is 0.503. The first-order valence-corrected chi connectivity index (χ1v) is 5.23. The van der Waals surface area contributed by atoms with E-state index in [2.05, 4.69) is 38.7 Å². The summed E-state index contributed by atoms with van der Waals surface area (Å²) in [5.41, 5.74) is 4.06. The monoisotopic (exact) mass is 193 g/mol. The van der Waals surface area contributed by atoms with E-state index in [0.717, 1.165) is 13.0 Å². The van der Waals surface area contributed by atoms with Crippen LogP contribution in [0.1, 0.15) is 33.6 Å². The summed E-state index contributed by atoms with van der Waals surface area (Å²) in [6, 6.07) is 0. The van der Waals surface area contributed by atoms with Crippen molar-refractivity contribution in [2.45, 2.75) is 33.6 Å². The van der Waals surface area contributed by atoms with Crippen molar-refractivity contribution in [3.63, 3.8) is 0 Å². The van der Waals surface area contributed by atoms with Gasteiger partial charge in [-0.25, -0.2) is 0 Å². The maximum Gasteiger partial charge on any atom is -0.00488 e. The first-order chi connectivity index (χ1) is 6.61. The van der Waals surface area contributed by atoms with Gasteiger partial charge in [0.05, 0.1) is 0 Å². The Morgan fingerprint density at radius 3 is 2.36 bits per heavy atom. The molecule has 0 spiro atoms. The lowest BCUT2D eigenvalue weighted by molar-refractivity contribution is 0.726. The van der Waals surface area contributed by atoms with Gasteiger partial charge in [-0.2, -0.15) is 0 Å². The Kier molecular flexibility index (Phi) is 7.13. The maximum atomic E-state index is 3.84. The van der Waals surface area contributed by atoms with Crippen molar-refractivity contribution < 1.29 is 0 Å². The molecule has 80 valence electrons. The van der Waals surface area contributed by atoms with Gasteiger partial charge in [0, 0.05) is 0 Å². The van der Waals surface area contributed by atoms with Crippen molar-refractivity contribution in [2.24, 2.45) is 0 Å². The molecule has 1 heteroatoms. The SMILES string of the molecule is C=C/C(=C\C(C)=C(C)C)CCCNC. The van der Waals surface area contributed by atoms with Gasteiger partial charge in [-0.1, -0.05) is 29.9 Å². The van der Waals surface area contributed by atoms with Crippen molar-refractivity contribution in [1.82, 2.24) is 5.32 Å². The standard InChI is InChI=1S/C13H23N/c1-6-13(8-7-9-14-5)10-12(4)11(2)3/h6,10,14H,1,7-9H2,2-5H3/b13-10+. The normalized spacial score (nSPS) is 11.3. The lowest BCUT2D eigenvalue weighted by Crippen LogP contribution is -2.07. The molecule has 0 amide bonds. The van der Waals surface area contributed by atoms with Gasteiger partial charge in [0.25, 0.3) is 0 Å². The van der Waals surface area contributed by atoms with E-state index < -0.39 is 0 Å². The molecule has 0 saturated heterocycles. The second kappa shape index (κ2) is 7.57. The zero-order valence-corrected chi connectivity index (χ0v) is 9.98. The molecular formula is C13H23N. The molecule has 0 heterocycles. The van der Waals surface area contributed by atoms with Gasteiger partial charge in [0.2, 0.25) is 0 Å². The summed E-state index contributed by atoms with van der Waals surface area (Å²) in [7, 11) is 1.98. The predicted molar refractivity (Wildman–Crippen MR) is 65.5 cm³/mol. The van der Waals surface area contributed by atoms with Gasteiger partial charge < -0.3 is 5.32 Å². The van der Waals surface area contributed by atoms with E-state index in [-0.39, 0.29) is 0 Å². The highest BCUT2D eigenvalue weighted by atomic mass is 14.8. The van der Waals surface area contributed by atoms with E-state index >= 15 is 0 Å². The highest BCUT2D eigenvalue weighted by molar-refractivity contribution is 5.30. The van der Waals surface area contributed by atoms with Crippen LogP contribution in [0.3, 0.4) is 0 Å². The summed E-state index contributed by atoms with van der Waals surface area (Å²) in [5, 5.41) is 3.15. The van der Waals surface area contributed by atoms with Gasteiger partial charge in [-0.05, 0) is 52.8 Å². The van der Waals surface area contributed by atoms with Crippen LogP contribution in [0.15, 0.2) is 35.5 Å². The number of nitrogens with one attached hydrogen (secondary N) is 1. The average Bonchev–Trinajstić information content (AvgIpc) is 2.16. The summed E-state index contributed by atoms with van der Waals surface area (Å²) in [4.78, 5) is 0. The van der Waals surface area contributed by atoms with E-state index in [1.807, 2.05) is 13.1 Å². The van der Waals surface area contributed by atoms with Gasteiger partial charge in [0.15, 0.2) is 0 Å². The minimum atomic E-state index is 1.07. The molecular weight excluding hydrogens is 170 g/mol. The summed E-state index contributed by atoms with van der Waals surface area (Å²) in [5.74, 6) is 0. The molecule has 0 radical (unpaired) electrons. The van der Waals surface area contributed by atoms with E-state index in [1.165, 1.54) is 23.1 Å². The third-order valence-electron chi connectivity index (χ3n) is 2.34. The van der Waals surface area contributed by atoms with Gasteiger partial charge in [-0.15, -0.1) is 0 Å². The van der Waals surface area contributed by atoms with Crippen LogP contribution in [0, 0.1) is 0 Å². The first-order valence-electron chi connectivity index (χ1n) is 5.23. The van der Waals surface area contributed by atoms with Crippen molar-refractivity contribution in [3.05, 3.63) is 35.5 Å². The van der Waals surface area contributed by atoms with Crippen LogP contribution < -0.4 is 5.32 Å². The van der Waals surface area contributed by atoms with Gasteiger partial charge in [-0.3, -0.25) is 0 Å². The average molecular weight is 193 g/mol. The Hall–Kier alpha value is -0.820. The van der Waals surface area contributed by atoms with Crippen LogP contribution in [0.4, 0.5) is 0 Å².